The van der Waals surface area contributed by atoms with Crippen molar-refractivity contribution >= 4 is 16.1 Å². The lowest BCUT2D eigenvalue weighted by atomic mass is 10.1. The lowest BCUT2D eigenvalue weighted by Crippen LogP contribution is -2.24. The van der Waals surface area contributed by atoms with Crippen molar-refractivity contribution in [2.45, 2.75) is 57.1 Å². The standard InChI is InChI=1S/C17H26O5S/c1-2-3-4-5-6-7-11-14-22-17(18)16(23(19,20)21)15-12-9-8-10-13-15/h8-10,12-13,16H,2-7,11,14H2,1H3,(H,19,20,21). The summed E-state index contributed by atoms with van der Waals surface area (Å²) in [6, 6.07) is 7.88. The van der Waals surface area contributed by atoms with E-state index in [1.54, 1.807) is 18.2 Å². The Morgan fingerprint density at radius 1 is 1.04 bits per heavy atom. The van der Waals surface area contributed by atoms with E-state index in [0.717, 1.165) is 12.8 Å². The van der Waals surface area contributed by atoms with E-state index in [2.05, 4.69) is 6.92 Å². The highest BCUT2D eigenvalue weighted by molar-refractivity contribution is 7.86. The second-order valence-electron chi connectivity index (χ2n) is 5.59. The Labute approximate surface area is 138 Å². The Morgan fingerprint density at radius 2 is 1.61 bits per heavy atom. The van der Waals surface area contributed by atoms with Crippen LogP contribution >= 0.6 is 0 Å². The van der Waals surface area contributed by atoms with Crippen LogP contribution in [0.25, 0.3) is 0 Å². The maximum Gasteiger partial charge on any atom is 0.331 e. The predicted molar refractivity (Wildman–Crippen MR) is 89.7 cm³/mol. The zero-order valence-corrected chi connectivity index (χ0v) is 14.4. The van der Waals surface area contributed by atoms with Gasteiger partial charge < -0.3 is 4.74 Å². The molecular weight excluding hydrogens is 316 g/mol. The van der Waals surface area contributed by atoms with Crippen molar-refractivity contribution < 1.29 is 22.5 Å². The monoisotopic (exact) mass is 342 g/mol. The number of unbranched alkanes of at least 4 members (excludes halogenated alkanes) is 6. The third kappa shape index (κ3) is 7.61. The molecule has 1 N–H and O–H groups in total. The van der Waals surface area contributed by atoms with Crippen molar-refractivity contribution in [3.63, 3.8) is 0 Å². The first-order chi connectivity index (χ1) is 11.0. The number of benzene rings is 1. The van der Waals surface area contributed by atoms with Gasteiger partial charge in [0.25, 0.3) is 10.1 Å². The average Bonchev–Trinajstić information content (AvgIpc) is 2.50. The van der Waals surface area contributed by atoms with Gasteiger partial charge in [0, 0.05) is 0 Å². The molecule has 0 aliphatic carbocycles. The molecule has 0 saturated heterocycles. The molecule has 1 rings (SSSR count). The van der Waals surface area contributed by atoms with Gasteiger partial charge in [-0.25, -0.2) is 0 Å². The lowest BCUT2D eigenvalue weighted by molar-refractivity contribution is -0.143. The average molecular weight is 342 g/mol. The van der Waals surface area contributed by atoms with Crippen molar-refractivity contribution in [3.05, 3.63) is 35.9 Å². The highest BCUT2D eigenvalue weighted by Crippen LogP contribution is 2.23. The van der Waals surface area contributed by atoms with Gasteiger partial charge in [-0.1, -0.05) is 75.8 Å². The summed E-state index contributed by atoms with van der Waals surface area (Å²) in [4.78, 5) is 12.0. The van der Waals surface area contributed by atoms with Crippen LogP contribution in [0, 0.1) is 0 Å². The number of hydrogen-bond donors (Lipinski definition) is 1. The van der Waals surface area contributed by atoms with Gasteiger partial charge in [0.15, 0.2) is 0 Å². The number of rotatable bonds is 11. The first kappa shape index (κ1) is 19.6. The molecule has 0 bridgehead atoms. The highest BCUT2D eigenvalue weighted by Gasteiger charge is 2.34. The summed E-state index contributed by atoms with van der Waals surface area (Å²) in [5, 5.41) is -1.67. The van der Waals surface area contributed by atoms with E-state index in [0.29, 0.717) is 6.42 Å². The smallest absolute Gasteiger partial charge is 0.331 e. The minimum absolute atomic E-state index is 0.172. The summed E-state index contributed by atoms with van der Waals surface area (Å²) in [7, 11) is -4.55. The van der Waals surface area contributed by atoms with Crippen LogP contribution in [-0.4, -0.2) is 25.5 Å². The molecule has 0 radical (unpaired) electrons. The summed E-state index contributed by atoms with van der Waals surface area (Å²) in [6.07, 6.45) is 7.55. The summed E-state index contributed by atoms with van der Waals surface area (Å²) in [5.74, 6) is -0.926. The van der Waals surface area contributed by atoms with Crippen molar-refractivity contribution in [3.8, 4) is 0 Å². The van der Waals surface area contributed by atoms with Crippen LogP contribution in [0.3, 0.4) is 0 Å². The quantitative estimate of drug-likeness (QED) is 0.375. The summed E-state index contributed by atoms with van der Waals surface area (Å²) in [5.41, 5.74) is 0.208. The Morgan fingerprint density at radius 3 is 2.17 bits per heavy atom. The first-order valence-electron chi connectivity index (χ1n) is 8.14. The fourth-order valence-electron chi connectivity index (χ4n) is 2.37. The molecular formula is C17H26O5S. The van der Waals surface area contributed by atoms with Crippen LogP contribution in [0.5, 0.6) is 0 Å². The van der Waals surface area contributed by atoms with Crippen molar-refractivity contribution in [1.82, 2.24) is 0 Å². The van der Waals surface area contributed by atoms with Gasteiger partial charge in [0.2, 0.25) is 5.25 Å². The third-order valence-corrected chi connectivity index (χ3v) is 4.67. The molecule has 5 nitrogen and oxygen atoms in total. The molecule has 1 aromatic rings. The molecule has 1 unspecified atom stereocenters. The zero-order chi connectivity index (χ0) is 17.1. The molecule has 1 atom stereocenters. The van der Waals surface area contributed by atoms with E-state index in [1.165, 1.54) is 37.8 Å². The van der Waals surface area contributed by atoms with Gasteiger partial charge in [-0.2, -0.15) is 8.42 Å². The first-order valence-corrected chi connectivity index (χ1v) is 9.65. The maximum absolute atomic E-state index is 12.0. The van der Waals surface area contributed by atoms with Crippen LogP contribution < -0.4 is 0 Å². The second kappa shape index (κ2) is 10.4. The molecule has 0 saturated carbocycles. The topological polar surface area (TPSA) is 80.7 Å². The Kier molecular flexibility index (Phi) is 8.87. The molecule has 0 spiro atoms. The van der Waals surface area contributed by atoms with E-state index >= 15 is 0 Å². The number of hydrogen-bond acceptors (Lipinski definition) is 4. The molecule has 0 aromatic heterocycles. The van der Waals surface area contributed by atoms with Gasteiger partial charge in [-0.15, -0.1) is 0 Å². The van der Waals surface area contributed by atoms with Gasteiger partial charge in [0.1, 0.15) is 0 Å². The van der Waals surface area contributed by atoms with E-state index in [-0.39, 0.29) is 12.2 Å². The highest BCUT2D eigenvalue weighted by atomic mass is 32.2. The molecule has 0 fully saturated rings. The largest absolute Gasteiger partial charge is 0.464 e. The van der Waals surface area contributed by atoms with Crippen LogP contribution in [0.4, 0.5) is 0 Å². The molecule has 0 amide bonds. The predicted octanol–water partition coefficient (Wildman–Crippen LogP) is 3.91. The SMILES string of the molecule is CCCCCCCCCOC(=O)C(c1ccccc1)S(=O)(=O)O. The van der Waals surface area contributed by atoms with Crippen molar-refractivity contribution in [2.24, 2.45) is 0 Å². The lowest BCUT2D eigenvalue weighted by Gasteiger charge is -2.13. The zero-order valence-electron chi connectivity index (χ0n) is 13.6. The van der Waals surface area contributed by atoms with E-state index in [1.807, 2.05) is 0 Å². The molecule has 23 heavy (non-hydrogen) atoms. The maximum atomic E-state index is 12.0. The molecule has 0 heterocycles. The number of carbonyl (C=O) groups is 1. The van der Waals surface area contributed by atoms with Crippen LogP contribution in [0.1, 0.15) is 62.7 Å². The van der Waals surface area contributed by atoms with E-state index in [9.17, 15) is 17.8 Å². The Hall–Kier alpha value is -1.40. The molecule has 0 aliphatic rings. The van der Waals surface area contributed by atoms with Crippen LogP contribution in [-0.2, 0) is 19.6 Å². The van der Waals surface area contributed by atoms with E-state index in [4.69, 9.17) is 4.74 Å². The second-order valence-corrected chi connectivity index (χ2v) is 7.10. The fourth-order valence-corrected chi connectivity index (χ4v) is 3.18. The van der Waals surface area contributed by atoms with Gasteiger partial charge >= 0.3 is 5.97 Å². The number of carbonyl (C=O) groups excluding carboxylic acids is 1. The van der Waals surface area contributed by atoms with Gasteiger partial charge in [0.05, 0.1) is 6.61 Å². The molecule has 0 aliphatic heterocycles. The van der Waals surface area contributed by atoms with Gasteiger partial charge in [-0.05, 0) is 12.0 Å². The van der Waals surface area contributed by atoms with Gasteiger partial charge in [-0.3, -0.25) is 9.35 Å². The third-order valence-electron chi connectivity index (χ3n) is 3.61. The van der Waals surface area contributed by atoms with Crippen LogP contribution in [0.2, 0.25) is 0 Å². The fraction of sp³-hybridized carbons (Fsp3) is 0.588. The Bertz CT molecular complexity index is 554. The van der Waals surface area contributed by atoms with Crippen molar-refractivity contribution in [2.75, 3.05) is 6.61 Å². The molecule has 130 valence electrons. The van der Waals surface area contributed by atoms with E-state index < -0.39 is 21.3 Å². The molecule has 1 aromatic carbocycles. The molecule has 6 heteroatoms. The van der Waals surface area contributed by atoms with Crippen LogP contribution in [0.15, 0.2) is 30.3 Å². The summed E-state index contributed by atoms with van der Waals surface area (Å²) >= 11 is 0. The summed E-state index contributed by atoms with van der Waals surface area (Å²) in [6.45, 7) is 2.34. The Balaban J connectivity index is 2.42. The van der Waals surface area contributed by atoms with Crippen molar-refractivity contribution in [1.29, 1.82) is 0 Å². The normalized spacial score (nSPS) is 12.8. The number of esters is 1. The minimum Gasteiger partial charge on any atom is -0.464 e. The summed E-state index contributed by atoms with van der Waals surface area (Å²) < 4.78 is 37.3. The number of ether oxygens (including phenoxy) is 1. The minimum atomic E-state index is -4.55.